The molecule has 3 nitrogen and oxygen atoms in total. The first-order chi connectivity index (χ1) is 3.93. The number of hydrogen-bond acceptors (Lipinski definition) is 3. The Kier molecular flexibility index (Phi) is 1.84. The maximum absolute atomic E-state index is 8.10. The van der Waals surface area contributed by atoms with Gasteiger partial charge in [0.1, 0.15) is 12.6 Å². The molecule has 0 spiro atoms. The van der Waals surface area contributed by atoms with E-state index in [2.05, 4.69) is 5.32 Å². The molecule has 1 N–H and O–H groups in total. The van der Waals surface area contributed by atoms with Gasteiger partial charge in [-0.25, -0.2) is 0 Å². The van der Waals surface area contributed by atoms with E-state index < -0.39 is 0 Å². The van der Waals surface area contributed by atoms with Crippen molar-refractivity contribution in [1.82, 2.24) is 5.32 Å². The Morgan fingerprint density at radius 3 is 3.25 bits per heavy atom. The molecule has 0 aromatic rings. The average Bonchev–Trinajstić information content (AvgIpc) is 2.19. The summed E-state index contributed by atoms with van der Waals surface area (Å²) in [6, 6.07) is 1.90. The number of nitriles is 1. The fraction of sp³-hybridized carbons (Fsp3) is 0.600. The molecule has 0 aliphatic carbocycles. The Labute approximate surface area is 48.2 Å². The van der Waals surface area contributed by atoms with Crippen LogP contribution < -0.4 is 5.32 Å². The topological polar surface area (TPSA) is 45.0 Å². The third kappa shape index (κ3) is 1.19. The standard InChI is InChI=1S/C5H7N2O/c6-2-1-5-7-3-4-8-5/h1,5,7H,3-4H2. The first-order valence-corrected chi connectivity index (χ1v) is 2.51. The van der Waals surface area contributed by atoms with E-state index in [9.17, 15) is 0 Å². The van der Waals surface area contributed by atoms with Crippen molar-refractivity contribution in [2.45, 2.75) is 6.23 Å². The molecule has 8 heavy (non-hydrogen) atoms. The maximum atomic E-state index is 8.10. The van der Waals surface area contributed by atoms with Crippen molar-refractivity contribution in [2.75, 3.05) is 13.2 Å². The quantitative estimate of drug-likeness (QED) is 0.503. The second kappa shape index (κ2) is 2.65. The molecule has 1 saturated heterocycles. The lowest BCUT2D eigenvalue weighted by Crippen LogP contribution is -2.21. The van der Waals surface area contributed by atoms with Gasteiger partial charge >= 0.3 is 0 Å². The van der Waals surface area contributed by atoms with Crippen LogP contribution in [-0.2, 0) is 4.74 Å². The number of rotatable bonds is 1. The molecule has 1 fully saturated rings. The van der Waals surface area contributed by atoms with Gasteiger partial charge in [-0.15, -0.1) is 0 Å². The molecule has 1 rings (SSSR count). The van der Waals surface area contributed by atoms with Gasteiger partial charge in [-0.3, -0.25) is 5.32 Å². The van der Waals surface area contributed by atoms with Crippen molar-refractivity contribution in [3.63, 3.8) is 0 Å². The van der Waals surface area contributed by atoms with Gasteiger partial charge in [0.15, 0.2) is 0 Å². The van der Waals surface area contributed by atoms with E-state index in [-0.39, 0.29) is 6.23 Å². The number of ether oxygens (including phenoxy) is 1. The Morgan fingerprint density at radius 1 is 1.88 bits per heavy atom. The zero-order valence-corrected chi connectivity index (χ0v) is 4.42. The summed E-state index contributed by atoms with van der Waals surface area (Å²) >= 11 is 0. The summed E-state index contributed by atoms with van der Waals surface area (Å²) in [7, 11) is 0. The molecule has 43 valence electrons. The van der Waals surface area contributed by atoms with E-state index in [0.29, 0.717) is 6.61 Å². The molecule has 1 radical (unpaired) electrons. The Morgan fingerprint density at radius 2 is 2.75 bits per heavy atom. The third-order valence-corrected chi connectivity index (χ3v) is 0.971. The van der Waals surface area contributed by atoms with Crippen molar-refractivity contribution >= 4 is 0 Å². The highest BCUT2D eigenvalue weighted by atomic mass is 16.5. The Bertz CT molecular complexity index is 101. The normalized spacial score (nSPS) is 27.6. The molecule has 0 amide bonds. The predicted molar refractivity (Wildman–Crippen MR) is 27.7 cm³/mol. The van der Waals surface area contributed by atoms with Gasteiger partial charge in [-0.2, -0.15) is 5.26 Å². The van der Waals surface area contributed by atoms with E-state index >= 15 is 0 Å². The zero-order valence-electron chi connectivity index (χ0n) is 4.42. The maximum Gasteiger partial charge on any atom is 0.125 e. The van der Waals surface area contributed by atoms with Gasteiger partial charge in [-0.05, 0) is 0 Å². The van der Waals surface area contributed by atoms with Crippen LogP contribution in [-0.4, -0.2) is 19.4 Å². The zero-order chi connectivity index (χ0) is 5.82. The fourth-order valence-electron chi connectivity index (χ4n) is 0.621. The van der Waals surface area contributed by atoms with Crippen LogP contribution in [0.5, 0.6) is 0 Å². The molecule has 1 atom stereocenters. The summed E-state index contributed by atoms with van der Waals surface area (Å²) in [6.45, 7) is 1.56. The molecular formula is C5H7N2O. The molecule has 3 heteroatoms. The Hall–Kier alpha value is -0.590. The lowest BCUT2D eigenvalue weighted by atomic mass is 10.4. The minimum Gasteiger partial charge on any atom is -0.361 e. The highest BCUT2D eigenvalue weighted by Crippen LogP contribution is 1.96. The lowest BCUT2D eigenvalue weighted by molar-refractivity contribution is 0.130. The van der Waals surface area contributed by atoms with Crippen molar-refractivity contribution in [3.8, 4) is 6.07 Å². The smallest absolute Gasteiger partial charge is 0.125 e. The Balaban J connectivity index is 2.17. The molecular weight excluding hydrogens is 104 g/mol. The molecule has 0 aromatic heterocycles. The van der Waals surface area contributed by atoms with Crippen molar-refractivity contribution < 1.29 is 4.74 Å². The average molecular weight is 111 g/mol. The monoisotopic (exact) mass is 111 g/mol. The highest BCUT2D eigenvalue weighted by molar-refractivity contribution is 4.97. The van der Waals surface area contributed by atoms with Crippen LogP contribution in [0.4, 0.5) is 0 Å². The molecule has 0 saturated carbocycles. The van der Waals surface area contributed by atoms with Crippen molar-refractivity contribution in [1.29, 1.82) is 5.26 Å². The second-order valence-electron chi connectivity index (χ2n) is 1.54. The minimum atomic E-state index is -0.125. The van der Waals surface area contributed by atoms with Gasteiger partial charge in [0, 0.05) is 6.54 Å². The molecule has 0 bridgehead atoms. The van der Waals surface area contributed by atoms with Crippen LogP contribution in [0.2, 0.25) is 0 Å². The van der Waals surface area contributed by atoms with Gasteiger partial charge in [0.2, 0.25) is 0 Å². The summed E-state index contributed by atoms with van der Waals surface area (Å²) in [5.41, 5.74) is 0. The SMILES string of the molecule is N#C[CH]C1NCCO1. The molecule has 1 aliphatic heterocycles. The van der Waals surface area contributed by atoms with Crippen LogP contribution in [0.1, 0.15) is 0 Å². The number of nitrogens with zero attached hydrogens (tertiary/aromatic N) is 1. The summed E-state index contributed by atoms with van der Waals surface area (Å²) < 4.78 is 5.00. The number of nitrogens with one attached hydrogen (secondary N) is 1. The van der Waals surface area contributed by atoms with E-state index in [1.807, 2.05) is 6.07 Å². The summed E-state index contributed by atoms with van der Waals surface area (Å²) in [6.07, 6.45) is 1.31. The minimum absolute atomic E-state index is 0.125. The van der Waals surface area contributed by atoms with Crippen LogP contribution in [0.15, 0.2) is 0 Å². The third-order valence-electron chi connectivity index (χ3n) is 0.971. The van der Waals surface area contributed by atoms with Gasteiger partial charge in [-0.1, -0.05) is 0 Å². The first-order valence-electron chi connectivity index (χ1n) is 2.51. The first kappa shape index (κ1) is 5.54. The molecule has 1 heterocycles. The summed E-state index contributed by atoms with van der Waals surface area (Å²) in [4.78, 5) is 0. The van der Waals surface area contributed by atoms with Crippen molar-refractivity contribution in [3.05, 3.63) is 6.42 Å². The van der Waals surface area contributed by atoms with Crippen LogP contribution >= 0.6 is 0 Å². The van der Waals surface area contributed by atoms with Crippen molar-refractivity contribution in [2.24, 2.45) is 0 Å². The lowest BCUT2D eigenvalue weighted by Gasteiger charge is -2.00. The summed E-state index contributed by atoms with van der Waals surface area (Å²) in [5.74, 6) is 0. The second-order valence-corrected chi connectivity index (χ2v) is 1.54. The fourth-order valence-corrected chi connectivity index (χ4v) is 0.621. The summed E-state index contributed by atoms with van der Waals surface area (Å²) in [5, 5.41) is 11.1. The largest absolute Gasteiger partial charge is 0.361 e. The molecule has 0 aromatic carbocycles. The van der Waals surface area contributed by atoms with Crippen LogP contribution in [0, 0.1) is 17.8 Å². The molecule has 1 unspecified atom stereocenters. The van der Waals surface area contributed by atoms with E-state index in [4.69, 9.17) is 10.00 Å². The highest BCUT2D eigenvalue weighted by Gasteiger charge is 2.12. The van der Waals surface area contributed by atoms with E-state index in [0.717, 1.165) is 6.54 Å². The van der Waals surface area contributed by atoms with Gasteiger partial charge in [0.25, 0.3) is 0 Å². The number of hydrogen-bond donors (Lipinski definition) is 1. The van der Waals surface area contributed by atoms with E-state index in [1.54, 1.807) is 0 Å². The van der Waals surface area contributed by atoms with Crippen LogP contribution in [0.25, 0.3) is 0 Å². The predicted octanol–water partition coefficient (Wildman–Crippen LogP) is -0.340. The van der Waals surface area contributed by atoms with Gasteiger partial charge < -0.3 is 4.74 Å². The molecule has 1 aliphatic rings. The van der Waals surface area contributed by atoms with E-state index in [1.165, 1.54) is 6.42 Å². The van der Waals surface area contributed by atoms with Crippen LogP contribution in [0.3, 0.4) is 0 Å². The van der Waals surface area contributed by atoms with Gasteiger partial charge in [0.05, 0.1) is 12.7 Å².